The first-order valence-electron chi connectivity index (χ1n) is 14.4. The van der Waals surface area contributed by atoms with Gasteiger partial charge in [0, 0.05) is 6.42 Å². The maximum absolute atomic E-state index is 12.3. The van der Waals surface area contributed by atoms with Crippen molar-refractivity contribution in [3.05, 3.63) is 0 Å². The number of rotatable bonds is 25. The second-order valence-corrected chi connectivity index (χ2v) is 9.79. The van der Waals surface area contributed by atoms with Gasteiger partial charge >= 0.3 is 11.9 Å². The third-order valence-electron chi connectivity index (χ3n) is 6.53. The summed E-state index contributed by atoms with van der Waals surface area (Å²) in [5.74, 6) is -0.450. The van der Waals surface area contributed by atoms with Gasteiger partial charge in [0.05, 0.1) is 13.5 Å². The number of methoxy groups -OCH3 is 1. The second-order valence-electron chi connectivity index (χ2n) is 9.79. The fraction of sp³-hybridized carbons (Fsp3) is 0.931. The minimum absolute atomic E-state index is 0.157. The SMILES string of the molecule is CCCCCCCCCCCCCC(=O)O[C@H](CCCCCCCCCCC)CC(=O)OC. The van der Waals surface area contributed by atoms with Gasteiger partial charge in [0.25, 0.3) is 0 Å². The van der Waals surface area contributed by atoms with Crippen LogP contribution in [0.3, 0.4) is 0 Å². The molecule has 0 rings (SSSR count). The molecule has 0 unspecified atom stereocenters. The molecule has 0 aliphatic carbocycles. The third kappa shape index (κ3) is 23.9. The quantitative estimate of drug-likeness (QED) is 0.0990. The van der Waals surface area contributed by atoms with Crippen molar-refractivity contribution in [1.82, 2.24) is 0 Å². The average molecular weight is 469 g/mol. The van der Waals surface area contributed by atoms with Gasteiger partial charge in [0.1, 0.15) is 6.10 Å². The monoisotopic (exact) mass is 468 g/mol. The fourth-order valence-electron chi connectivity index (χ4n) is 4.33. The molecule has 0 aromatic carbocycles. The van der Waals surface area contributed by atoms with E-state index >= 15 is 0 Å². The van der Waals surface area contributed by atoms with E-state index in [-0.39, 0.29) is 24.5 Å². The summed E-state index contributed by atoms with van der Waals surface area (Å²) in [5.41, 5.74) is 0. The Balaban J connectivity index is 3.82. The predicted octanol–water partition coefficient (Wildman–Crippen LogP) is 9.08. The molecular formula is C29H56O4. The van der Waals surface area contributed by atoms with Gasteiger partial charge in [0.15, 0.2) is 0 Å². The maximum Gasteiger partial charge on any atom is 0.309 e. The Hall–Kier alpha value is -1.06. The number of carbonyl (C=O) groups excluding carboxylic acids is 2. The zero-order chi connectivity index (χ0) is 24.4. The maximum atomic E-state index is 12.3. The van der Waals surface area contributed by atoms with Crippen molar-refractivity contribution in [2.45, 2.75) is 168 Å². The first-order valence-corrected chi connectivity index (χ1v) is 14.4. The van der Waals surface area contributed by atoms with Crippen LogP contribution in [0.25, 0.3) is 0 Å². The normalized spacial score (nSPS) is 12.0. The highest BCUT2D eigenvalue weighted by Crippen LogP contribution is 2.16. The summed E-state index contributed by atoms with van der Waals surface area (Å²) in [6, 6.07) is 0. The molecule has 0 aromatic heterocycles. The van der Waals surface area contributed by atoms with Crippen molar-refractivity contribution in [1.29, 1.82) is 0 Å². The Kier molecular flexibility index (Phi) is 24.7. The molecule has 0 aliphatic rings. The Bertz CT molecular complexity index is 435. The van der Waals surface area contributed by atoms with Crippen LogP contribution in [0, 0.1) is 0 Å². The lowest BCUT2D eigenvalue weighted by molar-refractivity contribution is -0.154. The van der Waals surface area contributed by atoms with Gasteiger partial charge in [-0.3, -0.25) is 9.59 Å². The van der Waals surface area contributed by atoms with Crippen LogP contribution in [-0.4, -0.2) is 25.2 Å². The number of ether oxygens (including phenoxy) is 2. The van der Waals surface area contributed by atoms with Crippen LogP contribution >= 0.6 is 0 Å². The number of carbonyl (C=O) groups is 2. The van der Waals surface area contributed by atoms with Crippen LogP contribution in [0.15, 0.2) is 0 Å². The number of hydrogen-bond acceptors (Lipinski definition) is 4. The van der Waals surface area contributed by atoms with E-state index in [1.807, 2.05) is 0 Å². The van der Waals surface area contributed by atoms with Gasteiger partial charge in [0.2, 0.25) is 0 Å². The van der Waals surface area contributed by atoms with Crippen molar-refractivity contribution >= 4 is 11.9 Å². The summed E-state index contributed by atoms with van der Waals surface area (Å²) in [5, 5.41) is 0. The molecule has 196 valence electrons. The first-order chi connectivity index (χ1) is 16.1. The van der Waals surface area contributed by atoms with Gasteiger partial charge in [-0.25, -0.2) is 0 Å². The molecule has 0 fully saturated rings. The lowest BCUT2D eigenvalue weighted by atomic mass is 10.0. The van der Waals surface area contributed by atoms with Gasteiger partial charge in [-0.2, -0.15) is 0 Å². The van der Waals surface area contributed by atoms with Crippen LogP contribution < -0.4 is 0 Å². The number of hydrogen-bond donors (Lipinski definition) is 0. The predicted molar refractivity (Wildman–Crippen MR) is 139 cm³/mol. The number of esters is 2. The summed E-state index contributed by atoms with van der Waals surface area (Å²) in [6.45, 7) is 4.50. The minimum Gasteiger partial charge on any atom is -0.469 e. The van der Waals surface area contributed by atoms with Gasteiger partial charge in [-0.15, -0.1) is 0 Å². The van der Waals surface area contributed by atoms with Crippen LogP contribution in [0.4, 0.5) is 0 Å². The van der Waals surface area contributed by atoms with E-state index in [0.29, 0.717) is 6.42 Å². The molecule has 0 radical (unpaired) electrons. The van der Waals surface area contributed by atoms with E-state index in [4.69, 9.17) is 9.47 Å². The van der Waals surface area contributed by atoms with Crippen molar-refractivity contribution in [3.63, 3.8) is 0 Å². The zero-order valence-corrected chi connectivity index (χ0v) is 22.5. The van der Waals surface area contributed by atoms with E-state index in [9.17, 15) is 9.59 Å². The van der Waals surface area contributed by atoms with Crippen LogP contribution in [0.5, 0.6) is 0 Å². The first kappa shape index (κ1) is 31.9. The molecule has 0 spiro atoms. The van der Waals surface area contributed by atoms with Crippen molar-refractivity contribution in [3.8, 4) is 0 Å². The van der Waals surface area contributed by atoms with Gasteiger partial charge in [-0.05, 0) is 19.3 Å². The van der Waals surface area contributed by atoms with E-state index < -0.39 is 0 Å². The van der Waals surface area contributed by atoms with Crippen molar-refractivity contribution < 1.29 is 19.1 Å². The summed E-state index contributed by atoms with van der Waals surface area (Å²) in [7, 11) is 1.39. The molecule has 0 bridgehead atoms. The highest BCUT2D eigenvalue weighted by Gasteiger charge is 2.18. The lowest BCUT2D eigenvalue weighted by Crippen LogP contribution is -2.22. The molecular weight excluding hydrogens is 412 g/mol. The molecule has 4 heteroatoms. The summed E-state index contributed by atoms with van der Waals surface area (Å²) in [4.78, 5) is 24.0. The number of unbranched alkanes of at least 4 members (excludes halogenated alkanes) is 18. The lowest BCUT2D eigenvalue weighted by Gasteiger charge is -2.17. The molecule has 0 N–H and O–H groups in total. The Morgan fingerprint density at radius 1 is 0.545 bits per heavy atom. The van der Waals surface area contributed by atoms with Gasteiger partial charge < -0.3 is 9.47 Å². The highest BCUT2D eigenvalue weighted by molar-refractivity contribution is 5.72. The van der Waals surface area contributed by atoms with Crippen LogP contribution in [-0.2, 0) is 19.1 Å². The van der Waals surface area contributed by atoms with E-state index in [1.165, 1.54) is 110 Å². The largest absolute Gasteiger partial charge is 0.469 e. The molecule has 0 aliphatic heterocycles. The van der Waals surface area contributed by atoms with E-state index in [0.717, 1.165) is 32.1 Å². The highest BCUT2D eigenvalue weighted by atomic mass is 16.6. The zero-order valence-electron chi connectivity index (χ0n) is 22.5. The van der Waals surface area contributed by atoms with Crippen molar-refractivity contribution in [2.24, 2.45) is 0 Å². The molecule has 0 saturated carbocycles. The third-order valence-corrected chi connectivity index (χ3v) is 6.53. The summed E-state index contributed by atoms with van der Waals surface area (Å²) in [6.07, 6.45) is 26.3. The van der Waals surface area contributed by atoms with Crippen LogP contribution in [0.1, 0.15) is 162 Å². The fourth-order valence-corrected chi connectivity index (χ4v) is 4.33. The molecule has 0 heterocycles. The summed E-state index contributed by atoms with van der Waals surface area (Å²) >= 11 is 0. The molecule has 0 amide bonds. The molecule has 33 heavy (non-hydrogen) atoms. The van der Waals surface area contributed by atoms with Gasteiger partial charge in [-0.1, -0.05) is 129 Å². The second kappa shape index (κ2) is 25.6. The summed E-state index contributed by atoms with van der Waals surface area (Å²) < 4.78 is 10.4. The molecule has 1 atom stereocenters. The van der Waals surface area contributed by atoms with E-state index in [2.05, 4.69) is 13.8 Å². The smallest absolute Gasteiger partial charge is 0.309 e. The topological polar surface area (TPSA) is 52.6 Å². The standard InChI is InChI=1S/C29H56O4/c1-4-6-8-10-12-14-15-17-19-21-23-25-28(30)33-27(26-29(31)32-3)24-22-20-18-16-13-11-9-7-5-2/h27H,4-26H2,1-3H3/t27-/m1/s1. The average Bonchev–Trinajstić information content (AvgIpc) is 2.81. The van der Waals surface area contributed by atoms with E-state index in [1.54, 1.807) is 0 Å². The van der Waals surface area contributed by atoms with Crippen LogP contribution in [0.2, 0.25) is 0 Å². The molecule has 0 saturated heterocycles. The Labute approximate surface area is 206 Å². The molecule has 4 nitrogen and oxygen atoms in total. The Morgan fingerprint density at radius 2 is 0.939 bits per heavy atom. The van der Waals surface area contributed by atoms with Crippen molar-refractivity contribution in [2.75, 3.05) is 7.11 Å². The minimum atomic E-state index is -0.331. The molecule has 0 aromatic rings. The Morgan fingerprint density at radius 3 is 1.36 bits per heavy atom.